The summed E-state index contributed by atoms with van der Waals surface area (Å²) in [7, 11) is 1.35. The van der Waals surface area contributed by atoms with Crippen LogP contribution in [0.5, 0.6) is 0 Å². The Labute approximate surface area is 148 Å². The summed E-state index contributed by atoms with van der Waals surface area (Å²) in [5.41, 5.74) is 1.78. The second-order valence-corrected chi connectivity index (χ2v) is 6.90. The molecule has 1 saturated carbocycles. The summed E-state index contributed by atoms with van der Waals surface area (Å²) >= 11 is 9.71. The molecule has 0 spiro atoms. The molecule has 5 heteroatoms. The zero-order chi connectivity index (χ0) is 16.6. The van der Waals surface area contributed by atoms with Crippen LogP contribution in [0.2, 0.25) is 5.02 Å². The molecule has 0 radical (unpaired) electrons. The largest absolute Gasteiger partial charge is 0.465 e. The molecule has 0 aliphatic heterocycles. The van der Waals surface area contributed by atoms with Crippen LogP contribution in [0.3, 0.4) is 0 Å². The van der Waals surface area contributed by atoms with Gasteiger partial charge in [-0.2, -0.15) is 5.26 Å². The van der Waals surface area contributed by atoms with Crippen molar-refractivity contribution in [2.24, 2.45) is 0 Å². The van der Waals surface area contributed by atoms with Crippen molar-refractivity contribution < 1.29 is 9.53 Å². The summed E-state index contributed by atoms with van der Waals surface area (Å²) in [6.45, 7) is 0. The van der Waals surface area contributed by atoms with Crippen molar-refractivity contribution in [1.82, 2.24) is 0 Å². The molecule has 2 atom stereocenters. The van der Waals surface area contributed by atoms with E-state index in [2.05, 4.69) is 22.0 Å². The van der Waals surface area contributed by atoms with Gasteiger partial charge in [-0.05, 0) is 41.8 Å². The van der Waals surface area contributed by atoms with Crippen LogP contribution < -0.4 is 0 Å². The van der Waals surface area contributed by atoms with Crippen LogP contribution in [0, 0.1) is 11.3 Å². The van der Waals surface area contributed by atoms with E-state index in [1.807, 2.05) is 30.3 Å². The lowest BCUT2D eigenvalue weighted by molar-refractivity contribution is 0.0600. The maximum Gasteiger partial charge on any atom is 0.337 e. The number of esters is 1. The van der Waals surface area contributed by atoms with Crippen LogP contribution in [0.25, 0.3) is 0 Å². The number of ether oxygens (including phenoxy) is 1. The summed E-state index contributed by atoms with van der Waals surface area (Å²) in [5.74, 6) is -0.317. The predicted molar refractivity (Wildman–Crippen MR) is 91.6 cm³/mol. The third kappa shape index (κ3) is 2.75. The second kappa shape index (κ2) is 5.99. The van der Waals surface area contributed by atoms with Crippen LogP contribution in [-0.2, 0) is 10.2 Å². The molecule has 3 rings (SSSR count). The van der Waals surface area contributed by atoms with Crippen molar-refractivity contribution in [3.8, 4) is 6.07 Å². The Bertz CT molecular complexity index is 813. The first kappa shape index (κ1) is 16.0. The zero-order valence-electron chi connectivity index (χ0n) is 12.3. The van der Waals surface area contributed by atoms with Gasteiger partial charge >= 0.3 is 5.97 Å². The molecule has 3 nitrogen and oxygen atoms in total. The monoisotopic (exact) mass is 389 g/mol. The standard InChI is InChI=1S/C18H13BrClNO2/c1-23-17(22)11-2-4-12(5-3-11)18(10-21)9-15(18)14-7-6-13(19)8-16(14)20/h2-8,15H,9H2,1H3. The summed E-state index contributed by atoms with van der Waals surface area (Å²) in [6.07, 6.45) is 0.725. The number of halogens is 2. The minimum Gasteiger partial charge on any atom is -0.465 e. The highest BCUT2D eigenvalue weighted by molar-refractivity contribution is 9.10. The first-order valence-electron chi connectivity index (χ1n) is 7.07. The number of nitriles is 1. The van der Waals surface area contributed by atoms with Crippen LogP contribution in [0.1, 0.15) is 33.8 Å². The van der Waals surface area contributed by atoms with Crippen molar-refractivity contribution in [1.29, 1.82) is 5.26 Å². The van der Waals surface area contributed by atoms with Crippen LogP contribution in [-0.4, -0.2) is 13.1 Å². The fraction of sp³-hybridized carbons (Fsp3) is 0.222. The summed E-state index contributed by atoms with van der Waals surface area (Å²) in [4.78, 5) is 11.5. The molecule has 23 heavy (non-hydrogen) atoms. The van der Waals surface area contributed by atoms with E-state index in [0.717, 1.165) is 22.0 Å². The van der Waals surface area contributed by atoms with Gasteiger partial charge in [0.15, 0.2) is 0 Å². The Morgan fingerprint density at radius 3 is 2.61 bits per heavy atom. The highest BCUT2D eigenvalue weighted by Crippen LogP contribution is 2.61. The average molecular weight is 391 g/mol. The molecule has 1 fully saturated rings. The van der Waals surface area contributed by atoms with Crippen molar-refractivity contribution in [2.45, 2.75) is 17.8 Å². The molecule has 0 heterocycles. The SMILES string of the molecule is COC(=O)c1ccc(C2(C#N)CC2c2ccc(Br)cc2Cl)cc1. The van der Waals surface area contributed by atoms with Crippen LogP contribution in [0.15, 0.2) is 46.9 Å². The fourth-order valence-electron chi connectivity index (χ4n) is 2.95. The highest BCUT2D eigenvalue weighted by Gasteiger charge is 2.57. The number of methoxy groups -OCH3 is 1. The van der Waals surface area contributed by atoms with Gasteiger partial charge in [0, 0.05) is 15.4 Å². The number of hydrogen-bond acceptors (Lipinski definition) is 3. The first-order valence-corrected chi connectivity index (χ1v) is 8.24. The summed E-state index contributed by atoms with van der Waals surface area (Å²) in [5, 5.41) is 10.4. The molecule has 1 aliphatic carbocycles. The molecule has 1 aliphatic rings. The third-order valence-electron chi connectivity index (χ3n) is 4.32. The van der Waals surface area contributed by atoms with Crippen molar-refractivity contribution in [3.05, 3.63) is 68.7 Å². The second-order valence-electron chi connectivity index (χ2n) is 5.57. The lowest BCUT2D eigenvalue weighted by Gasteiger charge is -2.11. The lowest BCUT2D eigenvalue weighted by atomic mass is 9.91. The molecule has 2 aromatic rings. The number of hydrogen-bond donors (Lipinski definition) is 0. The van der Waals surface area contributed by atoms with E-state index in [1.54, 1.807) is 12.1 Å². The van der Waals surface area contributed by atoms with Gasteiger partial charge in [-0.15, -0.1) is 0 Å². The van der Waals surface area contributed by atoms with Gasteiger partial charge in [-0.3, -0.25) is 0 Å². The number of rotatable bonds is 3. The Balaban J connectivity index is 1.92. The number of carbonyl (C=O) groups is 1. The number of benzene rings is 2. The quantitative estimate of drug-likeness (QED) is 0.705. The van der Waals surface area contributed by atoms with E-state index in [1.165, 1.54) is 7.11 Å². The van der Waals surface area contributed by atoms with Crippen LogP contribution in [0.4, 0.5) is 0 Å². The van der Waals surface area contributed by atoms with E-state index in [0.29, 0.717) is 10.6 Å². The molecule has 2 aromatic carbocycles. The lowest BCUT2D eigenvalue weighted by Crippen LogP contribution is -2.08. The maximum absolute atomic E-state index is 11.5. The normalized spacial score (nSPS) is 22.3. The molecule has 2 unspecified atom stereocenters. The number of carbonyl (C=O) groups excluding carboxylic acids is 1. The smallest absolute Gasteiger partial charge is 0.337 e. The van der Waals surface area contributed by atoms with Gasteiger partial charge in [-0.25, -0.2) is 4.79 Å². The summed E-state index contributed by atoms with van der Waals surface area (Å²) in [6, 6.07) is 15.2. The Hall–Kier alpha value is -1.83. The van der Waals surface area contributed by atoms with Gasteiger partial charge < -0.3 is 4.74 Å². The van der Waals surface area contributed by atoms with E-state index in [4.69, 9.17) is 16.3 Å². The molecule has 116 valence electrons. The molecule has 0 N–H and O–H groups in total. The van der Waals surface area contributed by atoms with Gasteiger partial charge in [0.2, 0.25) is 0 Å². The Morgan fingerprint density at radius 1 is 1.35 bits per heavy atom. The molecule has 0 amide bonds. The topological polar surface area (TPSA) is 50.1 Å². The van der Waals surface area contributed by atoms with Crippen molar-refractivity contribution in [2.75, 3.05) is 7.11 Å². The van der Waals surface area contributed by atoms with Gasteiger partial charge in [0.1, 0.15) is 0 Å². The predicted octanol–water partition coefficient (Wildman–Crippen LogP) is 4.84. The minimum absolute atomic E-state index is 0.0667. The Kier molecular flexibility index (Phi) is 4.18. The number of nitrogens with zero attached hydrogens (tertiary/aromatic N) is 1. The van der Waals surface area contributed by atoms with Gasteiger partial charge in [0.25, 0.3) is 0 Å². The third-order valence-corrected chi connectivity index (χ3v) is 5.14. The average Bonchev–Trinajstić information content (AvgIpc) is 3.30. The molecular weight excluding hydrogens is 378 g/mol. The molecule has 0 aromatic heterocycles. The minimum atomic E-state index is -0.577. The van der Waals surface area contributed by atoms with Gasteiger partial charge in [0.05, 0.1) is 24.2 Å². The van der Waals surface area contributed by atoms with E-state index in [9.17, 15) is 10.1 Å². The first-order chi connectivity index (χ1) is 11.0. The molecular formula is C18H13BrClNO2. The Morgan fingerprint density at radius 2 is 2.04 bits per heavy atom. The van der Waals surface area contributed by atoms with E-state index < -0.39 is 5.41 Å². The van der Waals surface area contributed by atoms with E-state index >= 15 is 0 Å². The molecule has 0 bridgehead atoms. The summed E-state index contributed by atoms with van der Waals surface area (Å²) < 4.78 is 5.61. The molecule has 0 saturated heterocycles. The zero-order valence-corrected chi connectivity index (χ0v) is 14.7. The van der Waals surface area contributed by atoms with Crippen LogP contribution >= 0.6 is 27.5 Å². The maximum atomic E-state index is 11.5. The van der Waals surface area contributed by atoms with Crippen molar-refractivity contribution >= 4 is 33.5 Å². The van der Waals surface area contributed by atoms with E-state index in [-0.39, 0.29) is 11.9 Å². The van der Waals surface area contributed by atoms with Gasteiger partial charge in [-0.1, -0.05) is 45.7 Å². The van der Waals surface area contributed by atoms with Crippen molar-refractivity contribution in [3.63, 3.8) is 0 Å². The highest BCUT2D eigenvalue weighted by atomic mass is 79.9. The fourth-order valence-corrected chi connectivity index (χ4v) is 3.76.